The highest BCUT2D eigenvalue weighted by atomic mass is 16.2. The zero-order valence-electron chi connectivity index (χ0n) is 7.97. The number of likely N-dealkylation sites (tertiary alicyclic amines) is 1. The van der Waals surface area contributed by atoms with Gasteiger partial charge in [0.25, 0.3) is 0 Å². The van der Waals surface area contributed by atoms with E-state index in [1.165, 1.54) is 6.42 Å². The fourth-order valence-corrected chi connectivity index (χ4v) is 1.72. The Balaban J connectivity index is 2.35. The summed E-state index contributed by atoms with van der Waals surface area (Å²) in [5.41, 5.74) is 0. The van der Waals surface area contributed by atoms with Gasteiger partial charge in [-0.05, 0) is 19.4 Å². The lowest BCUT2D eigenvalue weighted by atomic mass is 10.1. The summed E-state index contributed by atoms with van der Waals surface area (Å²) in [6, 6.07) is 0.521. The first-order valence-corrected chi connectivity index (χ1v) is 4.73. The number of likely N-dealkylation sites (N-methyl/N-ethyl adjacent to an activating group) is 1. The topological polar surface area (TPSA) is 32.3 Å². The number of nitrogens with zero attached hydrogens (tertiary/aromatic N) is 1. The van der Waals surface area contributed by atoms with Crippen molar-refractivity contribution in [2.24, 2.45) is 0 Å². The van der Waals surface area contributed by atoms with Crippen molar-refractivity contribution in [2.45, 2.75) is 32.7 Å². The third kappa shape index (κ3) is 2.48. The lowest BCUT2D eigenvalue weighted by Gasteiger charge is -2.32. The molecule has 0 unspecified atom stereocenters. The standard InChI is InChI=1S/C9H18N2O/c1-3-10-9-5-4-6-11(7-9)8(2)12/h9-10H,3-7H2,1-2H3/t9-/m1/s1. The van der Waals surface area contributed by atoms with Gasteiger partial charge < -0.3 is 10.2 Å². The molecule has 3 nitrogen and oxygen atoms in total. The number of amides is 1. The summed E-state index contributed by atoms with van der Waals surface area (Å²) in [4.78, 5) is 13.0. The van der Waals surface area contributed by atoms with E-state index in [-0.39, 0.29) is 5.91 Å². The molecule has 1 fully saturated rings. The van der Waals surface area contributed by atoms with Crippen molar-refractivity contribution >= 4 is 5.91 Å². The maximum atomic E-state index is 11.0. The van der Waals surface area contributed by atoms with Crippen LogP contribution in [0.5, 0.6) is 0 Å². The van der Waals surface area contributed by atoms with Crippen molar-refractivity contribution in [1.29, 1.82) is 0 Å². The van der Waals surface area contributed by atoms with E-state index >= 15 is 0 Å². The molecule has 0 bridgehead atoms. The highest BCUT2D eigenvalue weighted by Crippen LogP contribution is 2.09. The third-order valence-corrected chi connectivity index (χ3v) is 2.36. The number of carbonyl (C=O) groups is 1. The molecule has 0 aliphatic carbocycles. The number of nitrogens with one attached hydrogen (secondary N) is 1. The average molecular weight is 170 g/mol. The van der Waals surface area contributed by atoms with Crippen LogP contribution in [-0.4, -0.2) is 36.5 Å². The van der Waals surface area contributed by atoms with Crippen molar-refractivity contribution in [1.82, 2.24) is 10.2 Å². The zero-order valence-corrected chi connectivity index (χ0v) is 7.97. The Morgan fingerprint density at radius 2 is 2.42 bits per heavy atom. The highest BCUT2D eigenvalue weighted by molar-refractivity contribution is 5.73. The zero-order chi connectivity index (χ0) is 8.97. The van der Waals surface area contributed by atoms with Crippen LogP contribution in [0.4, 0.5) is 0 Å². The molecule has 0 aromatic heterocycles. The normalized spacial score (nSPS) is 24.2. The number of piperidine rings is 1. The summed E-state index contributed by atoms with van der Waals surface area (Å²) >= 11 is 0. The van der Waals surface area contributed by atoms with Gasteiger partial charge in [0.15, 0.2) is 0 Å². The van der Waals surface area contributed by atoms with Crippen molar-refractivity contribution in [3.05, 3.63) is 0 Å². The van der Waals surface area contributed by atoms with Crippen molar-refractivity contribution < 1.29 is 4.79 Å². The van der Waals surface area contributed by atoms with E-state index in [9.17, 15) is 4.79 Å². The molecule has 1 saturated heterocycles. The maximum absolute atomic E-state index is 11.0. The van der Waals surface area contributed by atoms with E-state index in [1.807, 2.05) is 4.90 Å². The van der Waals surface area contributed by atoms with Crippen LogP contribution >= 0.6 is 0 Å². The molecule has 0 aromatic carbocycles. The molecule has 0 saturated carbocycles. The van der Waals surface area contributed by atoms with Gasteiger partial charge in [-0.3, -0.25) is 4.79 Å². The van der Waals surface area contributed by atoms with E-state index in [0.717, 1.165) is 26.1 Å². The quantitative estimate of drug-likeness (QED) is 0.658. The number of hydrogen-bond acceptors (Lipinski definition) is 2. The van der Waals surface area contributed by atoms with Gasteiger partial charge in [0.05, 0.1) is 0 Å². The lowest BCUT2D eigenvalue weighted by Crippen LogP contribution is -2.47. The smallest absolute Gasteiger partial charge is 0.219 e. The lowest BCUT2D eigenvalue weighted by molar-refractivity contribution is -0.130. The largest absolute Gasteiger partial charge is 0.341 e. The average Bonchev–Trinajstić information content (AvgIpc) is 2.05. The molecule has 12 heavy (non-hydrogen) atoms. The SMILES string of the molecule is CCN[C@@H]1CCCN(C(C)=O)C1. The second-order valence-corrected chi connectivity index (χ2v) is 3.36. The van der Waals surface area contributed by atoms with Crippen LogP contribution in [0.3, 0.4) is 0 Å². The Morgan fingerprint density at radius 3 is 3.00 bits per heavy atom. The van der Waals surface area contributed by atoms with Crippen LogP contribution in [-0.2, 0) is 4.79 Å². The van der Waals surface area contributed by atoms with E-state index in [4.69, 9.17) is 0 Å². The van der Waals surface area contributed by atoms with Gasteiger partial charge in [-0.1, -0.05) is 6.92 Å². The molecule has 1 aliphatic rings. The van der Waals surface area contributed by atoms with E-state index in [1.54, 1.807) is 6.92 Å². The predicted molar refractivity (Wildman–Crippen MR) is 49.0 cm³/mol. The minimum atomic E-state index is 0.206. The summed E-state index contributed by atoms with van der Waals surface area (Å²) < 4.78 is 0. The molecule has 1 heterocycles. The predicted octanol–water partition coefficient (Wildman–Crippen LogP) is 0.607. The van der Waals surface area contributed by atoms with E-state index in [0.29, 0.717) is 6.04 Å². The van der Waals surface area contributed by atoms with Crippen molar-refractivity contribution in [2.75, 3.05) is 19.6 Å². The summed E-state index contributed by atoms with van der Waals surface area (Å²) in [6.07, 6.45) is 2.34. The van der Waals surface area contributed by atoms with Gasteiger partial charge in [0.1, 0.15) is 0 Å². The van der Waals surface area contributed by atoms with E-state index in [2.05, 4.69) is 12.2 Å². The van der Waals surface area contributed by atoms with Crippen LogP contribution in [0.15, 0.2) is 0 Å². The van der Waals surface area contributed by atoms with Crippen LogP contribution < -0.4 is 5.32 Å². The van der Waals surface area contributed by atoms with Crippen LogP contribution in [0.1, 0.15) is 26.7 Å². The summed E-state index contributed by atoms with van der Waals surface area (Å²) in [6.45, 7) is 6.58. The maximum Gasteiger partial charge on any atom is 0.219 e. The second kappa shape index (κ2) is 4.45. The Labute approximate surface area is 74.1 Å². The molecule has 70 valence electrons. The number of carbonyl (C=O) groups excluding carboxylic acids is 1. The first-order chi connectivity index (χ1) is 5.74. The molecule has 0 aromatic rings. The summed E-state index contributed by atoms with van der Waals surface area (Å²) in [5, 5.41) is 3.38. The fourth-order valence-electron chi connectivity index (χ4n) is 1.72. The van der Waals surface area contributed by atoms with Gasteiger partial charge >= 0.3 is 0 Å². The van der Waals surface area contributed by atoms with Gasteiger partial charge in [-0.2, -0.15) is 0 Å². The monoisotopic (exact) mass is 170 g/mol. The molecular formula is C9H18N2O. The summed E-state index contributed by atoms with van der Waals surface area (Å²) in [5.74, 6) is 0.206. The number of hydrogen-bond donors (Lipinski definition) is 1. The summed E-state index contributed by atoms with van der Waals surface area (Å²) in [7, 11) is 0. The second-order valence-electron chi connectivity index (χ2n) is 3.36. The van der Waals surface area contributed by atoms with Gasteiger partial charge in [0, 0.05) is 26.1 Å². The number of rotatable bonds is 2. The third-order valence-electron chi connectivity index (χ3n) is 2.36. The molecule has 1 rings (SSSR count). The van der Waals surface area contributed by atoms with Gasteiger partial charge in [0.2, 0.25) is 5.91 Å². The Bertz CT molecular complexity index is 157. The molecule has 1 N–H and O–H groups in total. The van der Waals surface area contributed by atoms with E-state index < -0.39 is 0 Å². The minimum Gasteiger partial charge on any atom is -0.341 e. The first-order valence-electron chi connectivity index (χ1n) is 4.73. The Kier molecular flexibility index (Phi) is 3.53. The van der Waals surface area contributed by atoms with Gasteiger partial charge in [-0.25, -0.2) is 0 Å². The molecule has 1 atom stereocenters. The Morgan fingerprint density at radius 1 is 1.67 bits per heavy atom. The first kappa shape index (κ1) is 9.52. The fraction of sp³-hybridized carbons (Fsp3) is 0.889. The van der Waals surface area contributed by atoms with Crippen molar-refractivity contribution in [3.8, 4) is 0 Å². The van der Waals surface area contributed by atoms with Gasteiger partial charge in [-0.15, -0.1) is 0 Å². The molecule has 0 radical (unpaired) electrons. The van der Waals surface area contributed by atoms with Crippen molar-refractivity contribution in [3.63, 3.8) is 0 Å². The molecule has 1 amide bonds. The molecule has 1 aliphatic heterocycles. The molecule has 3 heteroatoms. The van der Waals surface area contributed by atoms with Crippen LogP contribution in [0, 0.1) is 0 Å². The van der Waals surface area contributed by atoms with Crippen LogP contribution in [0.2, 0.25) is 0 Å². The molecule has 0 spiro atoms. The van der Waals surface area contributed by atoms with Crippen LogP contribution in [0.25, 0.3) is 0 Å². The highest BCUT2D eigenvalue weighted by Gasteiger charge is 2.19. The minimum absolute atomic E-state index is 0.206. The molecular weight excluding hydrogens is 152 g/mol. The Hall–Kier alpha value is -0.570.